The fraction of sp³-hybridized carbons (Fsp3) is 0.278. The van der Waals surface area contributed by atoms with Gasteiger partial charge in [-0.05, 0) is 36.2 Å². The Hall–Kier alpha value is -2.09. The summed E-state index contributed by atoms with van der Waals surface area (Å²) in [4.78, 5) is 12.6. The number of ketones is 1. The van der Waals surface area contributed by atoms with Crippen LogP contribution in [0, 0.1) is 0 Å². The quantitative estimate of drug-likeness (QED) is 0.785. The molecular formula is C18H18O2. The Morgan fingerprint density at radius 3 is 2.70 bits per heavy atom. The Kier molecular flexibility index (Phi) is 3.31. The Morgan fingerprint density at radius 1 is 1.20 bits per heavy atom. The number of carbonyl (C=O) groups is 1. The van der Waals surface area contributed by atoms with Crippen LogP contribution in [0.15, 0.2) is 48.5 Å². The molecule has 2 nitrogen and oxygen atoms in total. The van der Waals surface area contributed by atoms with Crippen LogP contribution in [-0.4, -0.2) is 11.9 Å². The fourth-order valence-corrected chi connectivity index (χ4v) is 2.72. The van der Waals surface area contributed by atoms with Crippen LogP contribution in [-0.2, 0) is 6.42 Å². The molecule has 3 rings (SSSR count). The number of Topliss-reactive ketones (excluding diaryl/α,β-unsaturated/α-hetero) is 1. The molecule has 2 heteroatoms. The van der Waals surface area contributed by atoms with Crippen LogP contribution in [0.4, 0.5) is 0 Å². The van der Waals surface area contributed by atoms with Gasteiger partial charge in [0.2, 0.25) is 0 Å². The zero-order valence-electron chi connectivity index (χ0n) is 11.8. The van der Waals surface area contributed by atoms with E-state index in [0.29, 0.717) is 0 Å². The van der Waals surface area contributed by atoms with Crippen LogP contribution in [0.1, 0.15) is 41.3 Å². The average Bonchev–Trinajstić information content (AvgIpc) is 2.85. The minimum atomic E-state index is -0.117. The van der Waals surface area contributed by atoms with Gasteiger partial charge in [0.15, 0.2) is 5.78 Å². The van der Waals surface area contributed by atoms with E-state index in [9.17, 15) is 4.79 Å². The second kappa shape index (κ2) is 5.12. The molecule has 0 N–H and O–H groups in total. The monoisotopic (exact) mass is 266 g/mol. The molecule has 1 aliphatic rings. The van der Waals surface area contributed by atoms with Gasteiger partial charge in [-0.15, -0.1) is 0 Å². The summed E-state index contributed by atoms with van der Waals surface area (Å²) in [6, 6.07) is 15.7. The van der Waals surface area contributed by atoms with Gasteiger partial charge < -0.3 is 4.74 Å². The van der Waals surface area contributed by atoms with E-state index in [0.717, 1.165) is 28.9 Å². The largest absolute Gasteiger partial charge is 0.490 e. The molecule has 0 aromatic heterocycles. The van der Waals surface area contributed by atoms with Gasteiger partial charge in [0.25, 0.3) is 0 Å². The molecule has 0 amide bonds. The van der Waals surface area contributed by atoms with Crippen LogP contribution in [0.3, 0.4) is 0 Å². The maximum Gasteiger partial charge on any atom is 0.170 e. The first-order valence-electron chi connectivity index (χ1n) is 7.04. The van der Waals surface area contributed by atoms with E-state index in [1.54, 1.807) is 0 Å². The predicted octanol–water partition coefficient (Wildman–Crippen LogP) is 4.00. The summed E-state index contributed by atoms with van der Waals surface area (Å²) >= 11 is 0. The van der Waals surface area contributed by atoms with Gasteiger partial charge >= 0.3 is 0 Å². The SMILES string of the molecule is CC1Cc2cc(C(=O)C(C)c3ccccc3)ccc2O1. The average molecular weight is 266 g/mol. The van der Waals surface area contributed by atoms with Crippen LogP contribution in [0.5, 0.6) is 5.75 Å². The van der Waals surface area contributed by atoms with Crippen LogP contribution in [0.25, 0.3) is 0 Å². The predicted molar refractivity (Wildman–Crippen MR) is 79.4 cm³/mol. The van der Waals surface area contributed by atoms with Gasteiger partial charge in [0.05, 0.1) is 0 Å². The standard InChI is InChI=1S/C18H18O2/c1-12-10-16-11-15(8-9-17(16)20-12)18(19)13(2)14-6-4-3-5-7-14/h3-9,11-13H,10H2,1-2H3. The number of fused-ring (bicyclic) bond motifs is 1. The summed E-state index contributed by atoms with van der Waals surface area (Å²) in [5, 5.41) is 0. The van der Waals surface area contributed by atoms with E-state index in [1.807, 2.05) is 62.4 Å². The molecule has 2 unspecified atom stereocenters. The highest BCUT2D eigenvalue weighted by Crippen LogP contribution is 2.31. The molecule has 0 bridgehead atoms. The highest BCUT2D eigenvalue weighted by molar-refractivity contribution is 6.01. The van der Waals surface area contributed by atoms with E-state index in [4.69, 9.17) is 4.74 Å². The van der Waals surface area contributed by atoms with Crippen molar-refractivity contribution in [2.24, 2.45) is 0 Å². The second-order valence-electron chi connectivity index (χ2n) is 5.45. The van der Waals surface area contributed by atoms with Crippen LogP contribution < -0.4 is 4.74 Å². The third-order valence-electron chi connectivity index (χ3n) is 3.87. The molecule has 102 valence electrons. The molecule has 2 aromatic rings. The lowest BCUT2D eigenvalue weighted by Crippen LogP contribution is -2.09. The summed E-state index contributed by atoms with van der Waals surface area (Å²) in [6.45, 7) is 4.01. The summed E-state index contributed by atoms with van der Waals surface area (Å²) in [5.41, 5.74) is 2.98. The number of ether oxygens (including phenoxy) is 1. The minimum Gasteiger partial charge on any atom is -0.490 e. The lowest BCUT2D eigenvalue weighted by Gasteiger charge is -2.11. The number of hydrogen-bond donors (Lipinski definition) is 0. The molecule has 0 saturated carbocycles. The van der Waals surface area contributed by atoms with Gasteiger partial charge in [-0.1, -0.05) is 37.3 Å². The first kappa shape index (κ1) is 12.9. The van der Waals surface area contributed by atoms with Crippen molar-refractivity contribution < 1.29 is 9.53 Å². The lowest BCUT2D eigenvalue weighted by atomic mass is 9.91. The highest BCUT2D eigenvalue weighted by atomic mass is 16.5. The molecule has 2 atom stereocenters. The van der Waals surface area contributed by atoms with Gasteiger partial charge in [-0.25, -0.2) is 0 Å². The zero-order valence-corrected chi connectivity index (χ0v) is 11.8. The van der Waals surface area contributed by atoms with Crippen molar-refractivity contribution >= 4 is 5.78 Å². The topological polar surface area (TPSA) is 26.3 Å². The van der Waals surface area contributed by atoms with E-state index in [2.05, 4.69) is 0 Å². The third kappa shape index (κ3) is 2.34. The Balaban J connectivity index is 1.87. The smallest absolute Gasteiger partial charge is 0.170 e. The first-order chi connectivity index (χ1) is 9.65. The Morgan fingerprint density at radius 2 is 1.95 bits per heavy atom. The van der Waals surface area contributed by atoms with Crippen molar-refractivity contribution in [2.45, 2.75) is 32.3 Å². The molecule has 1 aliphatic heterocycles. The van der Waals surface area contributed by atoms with Gasteiger partial charge in [-0.2, -0.15) is 0 Å². The van der Waals surface area contributed by atoms with E-state index >= 15 is 0 Å². The van der Waals surface area contributed by atoms with Crippen molar-refractivity contribution in [3.63, 3.8) is 0 Å². The molecule has 0 saturated heterocycles. The minimum absolute atomic E-state index is 0.117. The van der Waals surface area contributed by atoms with Gasteiger partial charge in [-0.3, -0.25) is 4.79 Å². The first-order valence-corrected chi connectivity index (χ1v) is 7.04. The maximum atomic E-state index is 12.6. The second-order valence-corrected chi connectivity index (χ2v) is 5.45. The normalized spacial score (nSPS) is 18.2. The van der Waals surface area contributed by atoms with Crippen LogP contribution >= 0.6 is 0 Å². The summed E-state index contributed by atoms with van der Waals surface area (Å²) in [7, 11) is 0. The van der Waals surface area contributed by atoms with Gasteiger partial charge in [0, 0.05) is 17.9 Å². The highest BCUT2D eigenvalue weighted by Gasteiger charge is 2.22. The molecule has 2 aromatic carbocycles. The number of benzene rings is 2. The Bertz CT molecular complexity index is 631. The van der Waals surface area contributed by atoms with Crippen molar-refractivity contribution in [1.82, 2.24) is 0 Å². The molecule has 20 heavy (non-hydrogen) atoms. The Labute approximate surface area is 119 Å². The molecule has 0 spiro atoms. The van der Waals surface area contributed by atoms with Crippen molar-refractivity contribution in [3.05, 3.63) is 65.2 Å². The van der Waals surface area contributed by atoms with Crippen molar-refractivity contribution in [1.29, 1.82) is 0 Å². The van der Waals surface area contributed by atoms with Crippen molar-refractivity contribution in [3.8, 4) is 5.75 Å². The summed E-state index contributed by atoms with van der Waals surface area (Å²) in [6.07, 6.45) is 1.10. The molecule has 1 heterocycles. The van der Waals surface area contributed by atoms with E-state index < -0.39 is 0 Å². The molecule has 0 radical (unpaired) electrons. The van der Waals surface area contributed by atoms with E-state index in [1.165, 1.54) is 0 Å². The zero-order chi connectivity index (χ0) is 14.1. The lowest BCUT2D eigenvalue weighted by molar-refractivity contribution is 0.0966. The summed E-state index contributed by atoms with van der Waals surface area (Å²) in [5.74, 6) is 0.967. The summed E-state index contributed by atoms with van der Waals surface area (Å²) < 4.78 is 5.68. The van der Waals surface area contributed by atoms with E-state index in [-0.39, 0.29) is 17.8 Å². The fourth-order valence-electron chi connectivity index (χ4n) is 2.72. The number of carbonyl (C=O) groups excluding carboxylic acids is 1. The molecule has 0 aliphatic carbocycles. The van der Waals surface area contributed by atoms with Crippen LogP contribution in [0.2, 0.25) is 0 Å². The molecular weight excluding hydrogens is 248 g/mol. The van der Waals surface area contributed by atoms with Crippen molar-refractivity contribution in [2.75, 3.05) is 0 Å². The molecule has 0 fully saturated rings. The number of hydrogen-bond acceptors (Lipinski definition) is 2. The number of rotatable bonds is 3. The maximum absolute atomic E-state index is 12.6. The van der Waals surface area contributed by atoms with Gasteiger partial charge in [0.1, 0.15) is 11.9 Å². The third-order valence-corrected chi connectivity index (χ3v) is 3.87.